The maximum absolute atomic E-state index is 13.4. The van der Waals surface area contributed by atoms with Gasteiger partial charge in [-0.25, -0.2) is 4.39 Å². The van der Waals surface area contributed by atoms with Crippen LogP contribution in [0.2, 0.25) is 0 Å². The number of carbonyl (C=O) groups excluding carboxylic acids is 2. The first-order valence-corrected chi connectivity index (χ1v) is 10.8. The van der Waals surface area contributed by atoms with Gasteiger partial charge in [-0.2, -0.15) is 0 Å². The van der Waals surface area contributed by atoms with Crippen LogP contribution in [0.5, 0.6) is 0 Å². The van der Waals surface area contributed by atoms with Gasteiger partial charge < -0.3 is 14.6 Å². The minimum Gasteiger partial charge on any atom is -0.455 e. The molecule has 1 aromatic heterocycles. The van der Waals surface area contributed by atoms with Crippen LogP contribution in [0.4, 0.5) is 4.39 Å². The summed E-state index contributed by atoms with van der Waals surface area (Å²) in [5.74, 6) is 2.10. The zero-order chi connectivity index (χ0) is 24.2. The Hall–Kier alpha value is -4.37. The van der Waals surface area contributed by atoms with E-state index in [1.165, 1.54) is 12.1 Å². The molecule has 0 saturated heterocycles. The lowest BCUT2D eigenvalue weighted by atomic mass is 9.99. The van der Waals surface area contributed by atoms with Crippen molar-refractivity contribution < 1.29 is 18.4 Å². The molecular formula is C28H23FN2O3. The molecule has 1 N–H and O–H groups in total. The van der Waals surface area contributed by atoms with Gasteiger partial charge in [0.1, 0.15) is 17.2 Å². The maximum atomic E-state index is 13.4. The van der Waals surface area contributed by atoms with Crippen molar-refractivity contribution in [3.8, 4) is 34.8 Å². The summed E-state index contributed by atoms with van der Waals surface area (Å²) in [6.45, 7) is 0.474. The first-order chi connectivity index (χ1) is 16.4. The van der Waals surface area contributed by atoms with E-state index < -0.39 is 0 Å². The summed E-state index contributed by atoms with van der Waals surface area (Å²) in [5.41, 5.74) is 3.69. The highest BCUT2D eigenvalue weighted by atomic mass is 19.1. The van der Waals surface area contributed by atoms with Gasteiger partial charge in [0.25, 0.3) is 11.8 Å². The summed E-state index contributed by atoms with van der Waals surface area (Å²) in [6.07, 6.45) is 5.79. The molecule has 34 heavy (non-hydrogen) atoms. The van der Waals surface area contributed by atoms with Crippen molar-refractivity contribution in [3.63, 3.8) is 0 Å². The Morgan fingerprint density at radius 3 is 2.44 bits per heavy atom. The van der Waals surface area contributed by atoms with Gasteiger partial charge in [-0.1, -0.05) is 18.2 Å². The Bertz CT molecular complexity index is 1410. The third-order valence-corrected chi connectivity index (χ3v) is 5.63. The summed E-state index contributed by atoms with van der Waals surface area (Å²) in [6, 6.07) is 18.6. The van der Waals surface area contributed by atoms with Crippen LogP contribution in [-0.4, -0.2) is 37.4 Å². The summed E-state index contributed by atoms with van der Waals surface area (Å²) in [5, 5.41) is 3.28. The highest BCUT2D eigenvalue weighted by Crippen LogP contribution is 2.36. The van der Waals surface area contributed by atoms with Crippen LogP contribution in [0.1, 0.15) is 27.1 Å². The largest absolute Gasteiger partial charge is 0.455 e. The molecule has 0 aliphatic heterocycles. The monoisotopic (exact) mass is 454 g/mol. The number of hydrogen-bond acceptors (Lipinski definition) is 3. The van der Waals surface area contributed by atoms with E-state index in [4.69, 9.17) is 10.8 Å². The molecule has 4 rings (SSSR count). The quantitative estimate of drug-likeness (QED) is 0.399. The Morgan fingerprint density at radius 1 is 1.03 bits per heavy atom. The zero-order valence-electron chi connectivity index (χ0n) is 18.9. The smallest absolute Gasteiger partial charge is 0.255 e. The number of furan rings is 1. The van der Waals surface area contributed by atoms with Gasteiger partial charge in [-0.05, 0) is 59.7 Å². The highest BCUT2D eigenvalue weighted by Gasteiger charge is 2.22. The third-order valence-electron chi connectivity index (χ3n) is 5.63. The average molecular weight is 455 g/mol. The van der Waals surface area contributed by atoms with Crippen molar-refractivity contribution in [3.05, 3.63) is 83.7 Å². The Morgan fingerprint density at radius 2 is 1.74 bits per heavy atom. The number of rotatable bonds is 6. The minimum absolute atomic E-state index is 0.119. The maximum Gasteiger partial charge on any atom is 0.255 e. The zero-order valence-corrected chi connectivity index (χ0v) is 18.9. The second-order valence-corrected chi connectivity index (χ2v) is 7.86. The van der Waals surface area contributed by atoms with E-state index in [-0.39, 0.29) is 17.6 Å². The van der Waals surface area contributed by atoms with Crippen molar-refractivity contribution in [2.75, 3.05) is 20.6 Å². The number of terminal acetylenes is 1. The fourth-order valence-corrected chi connectivity index (χ4v) is 3.82. The molecule has 170 valence electrons. The van der Waals surface area contributed by atoms with Gasteiger partial charge in [-0.3, -0.25) is 9.59 Å². The van der Waals surface area contributed by atoms with Crippen LogP contribution < -0.4 is 5.32 Å². The summed E-state index contributed by atoms with van der Waals surface area (Å²) < 4.78 is 19.4. The van der Waals surface area contributed by atoms with E-state index in [9.17, 15) is 14.0 Å². The molecule has 0 aliphatic rings. The summed E-state index contributed by atoms with van der Waals surface area (Å²) in [7, 11) is 3.27. The fraction of sp³-hybridized carbons (Fsp3) is 0.143. The number of benzene rings is 3. The predicted molar refractivity (Wildman–Crippen MR) is 131 cm³/mol. The van der Waals surface area contributed by atoms with Crippen molar-refractivity contribution in [1.82, 2.24) is 10.2 Å². The van der Waals surface area contributed by atoms with E-state index in [2.05, 4.69) is 11.2 Å². The number of amides is 2. The second kappa shape index (κ2) is 9.63. The Labute approximate surface area is 197 Å². The van der Waals surface area contributed by atoms with E-state index in [0.717, 1.165) is 11.1 Å². The van der Waals surface area contributed by atoms with Crippen LogP contribution in [0.15, 0.2) is 71.1 Å². The molecule has 0 unspecified atom stereocenters. The summed E-state index contributed by atoms with van der Waals surface area (Å²) in [4.78, 5) is 27.2. The molecule has 4 aromatic rings. The van der Waals surface area contributed by atoms with E-state index in [1.807, 2.05) is 30.3 Å². The normalized spacial score (nSPS) is 10.6. The van der Waals surface area contributed by atoms with Crippen LogP contribution in [0.3, 0.4) is 0 Å². The lowest BCUT2D eigenvalue weighted by Gasteiger charge is -2.16. The molecule has 0 radical (unpaired) electrons. The van der Waals surface area contributed by atoms with Gasteiger partial charge >= 0.3 is 0 Å². The number of fused-ring (bicyclic) bond motifs is 1. The molecule has 0 saturated carbocycles. The Kier molecular flexibility index (Phi) is 6.46. The van der Waals surface area contributed by atoms with Crippen LogP contribution in [0, 0.1) is 18.2 Å². The van der Waals surface area contributed by atoms with Gasteiger partial charge in [0, 0.05) is 43.6 Å². The van der Waals surface area contributed by atoms with E-state index in [1.54, 1.807) is 43.3 Å². The molecule has 5 nitrogen and oxygen atoms in total. The molecule has 0 aliphatic carbocycles. The molecule has 2 amide bonds. The highest BCUT2D eigenvalue weighted by molar-refractivity contribution is 6.11. The topological polar surface area (TPSA) is 62.6 Å². The summed E-state index contributed by atoms with van der Waals surface area (Å²) >= 11 is 0. The molecule has 0 spiro atoms. The lowest BCUT2D eigenvalue weighted by molar-refractivity contribution is 0.0798. The van der Waals surface area contributed by atoms with Crippen molar-refractivity contribution in [2.45, 2.75) is 6.42 Å². The first kappa shape index (κ1) is 22.8. The van der Waals surface area contributed by atoms with Crippen molar-refractivity contribution >= 4 is 22.8 Å². The SMILES string of the molecule is C#CCCN(C)C(=O)c1cccc(-c2ccc3oc(-c4ccc(F)cc4)c(C(=O)NC)c3c2)c1. The van der Waals surface area contributed by atoms with Gasteiger partial charge in [0.05, 0.1) is 5.56 Å². The van der Waals surface area contributed by atoms with Crippen molar-refractivity contribution in [1.29, 1.82) is 0 Å². The average Bonchev–Trinajstić information content (AvgIpc) is 3.25. The number of carbonyl (C=O) groups is 2. The van der Waals surface area contributed by atoms with Crippen LogP contribution in [0.25, 0.3) is 33.4 Å². The molecule has 3 aromatic carbocycles. The molecular weight excluding hydrogens is 431 g/mol. The van der Waals surface area contributed by atoms with Crippen LogP contribution >= 0.6 is 0 Å². The van der Waals surface area contributed by atoms with E-state index >= 15 is 0 Å². The predicted octanol–water partition coefficient (Wildman–Crippen LogP) is 5.36. The number of nitrogens with one attached hydrogen (secondary N) is 1. The van der Waals surface area contributed by atoms with Gasteiger partial charge in [0.2, 0.25) is 0 Å². The molecule has 0 bridgehead atoms. The molecule has 0 atom stereocenters. The standard InChI is InChI=1S/C28H23FN2O3/c1-4-5-15-31(3)28(33)21-8-6-7-19(16-21)20-11-14-24-23(17-20)25(27(32)30-2)26(34-24)18-9-12-22(29)13-10-18/h1,6-14,16-17H,5,15H2,2-3H3,(H,30,32). The molecule has 0 fully saturated rings. The van der Waals surface area contributed by atoms with E-state index in [0.29, 0.717) is 46.4 Å². The van der Waals surface area contributed by atoms with Crippen LogP contribution in [-0.2, 0) is 0 Å². The third kappa shape index (κ3) is 4.41. The van der Waals surface area contributed by atoms with Crippen molar-refractivity contribution in [2.24, 2.45) is 0 Å². The number of hydrogen-bond donors (Lipinski definition) is 1. The number of nitrogens with zero attached hydrogens (tertiary/aromatic N) is 1. The second-order valence-electron chi connectivity index (χ2n) is 7.86. The van der Waals surface area contributed by atoms with Gasteiger partial charge in [0.15, 0.2) is 0 Å². The fourth-order valence-electron chi connectivity index (χ4n) is 3.82. The minimum atomic E-state index is -0.372. The first-order valence-electron chi connectivity index (χ1n) is 10.8. The molecule has 6 heteroatoms. The van der Waals surface area contributed by atoms with Gasteiger partial charge in [-0.15, -0.1) is 12.3 Å². The lowest BCUT2D eigenvalue weighted by Crippen LogP contribution is -2.27. The number of halogens is 1. The Balaban J connectivity index is 1.78. The molecule has 1 heterocycles.